The molecule has 0 aromatic heterocycles. The lowest BCUT2D eigenvalue weighted by Gasteiger charge is -2.29. The van der Waals surface area contributed by atoms with Crippen molar-refractivity contribution < 1.29 is 9.84 Å². The summed E-state index contributed by atoms with van der Waals surface area (Å²) in [5, 5.41) is 13.5. The number of ether oxygens (including phenoxy) is 1. The number of para-hydroxylation sites is 2. The monoisotopic (exact) mass is 349 g/mol. The molecular weight excluding hydrogens is 330 g/mol. The summed E-state index contributed by atoms with van der Waals surface area (Å²) in [5.74, 6) is 1.13. The van der Waals surface area contributed by atoms with Crippen LogP contribution in [0.2, 0.25) is 0 Å². The van der Waals surface area contributed by atoms with Crippen LogP contribution in [-0.2, 0) is 12.1 Å². The first-order valence-corrected chi connectivity index (χ1v) is 7.60. The molecule has 0 heterocycles. The highest BCUT2D eigenvalue weighted by molar-refractivity contribution is 9.10. The van der Waals surface area contributed by atoms with E-state index in [4.69, 9.17) is 4.74 Å². The molecule has 0 saturated carbocycles. The summed E-state index contributed by atoms with van der Waals surface area (Å²) in [6.07, 6.45) is 0. The van der Waals surface area contributed by atoms with Crippen LogP contribution in [0.4, 0.5) is 0 Å². The van der Waals surface area contributed by atoms with Crippen LogP contribution in [0.25, 0.3) is 0 Å². The zero-order valence-corrected chi connectivity index (χ0v) is 14.1. The highest BCUT2D eigenvalue weighted by atomic mass is 79.9. The van der Waals surface area contributed by atoms with Crippen LogP contribution < -0.4 is 10.1 Å². The Morgan fingerprint density at radius 2 is 1.86 bits per heavy atom. The molecule has 112 valence electrons. The molecule has 0 aliphatic carbocycles. The summed E-state index contributed by atoms with van der Waals surface area (Å²) in [5.41, 5.74) is 1.66. The Labute approximate surface area is 134 Å². The zero-order valence-electron chi connectivity index (χ0n) is 12.5. The molecule has 21 heavy (non-hydrogen) atoms. The van der Waals surface area contributed by atoms with E-state index in [1.807, 2.05) is 42.5 Å². The van der Waals surface area contributed by atoms with E-state index >= 15 is 0 Å². The Morgan fingerprint density at radius 3 is 2.57 bits per heavy atom. The largest absolute Gasteiger partial charge is 0.506 e. The number of aromatic hydroxyl groups is 1. The van der Waals surface area contributed by atoms with E-state index in [1.54, 1.807) is 7.11 Å². The number of methoxy groups -OCH3 is 1. The number of benzene rings is 2. The highest BCUT2D eigenvalue weighted by Gasteiger charge is 2.23. The van der Waals surface area contributed by atoms with Crippen LogP contribution >= 0.6 is 15.9 Å². The normalized spacial score (nSPS) is 11.4. The van der Waals surface area contributed by atoms with Crippen LogP contribution in [0.15, 0.2) is 46.9 Å². The summed E-state index contributed by atoms with van der Waals surface area (Å²) in [7, 11) is 1.68. The second-order valence-corrected chi connectivity index (χ2v) is 6.28. The van der Waals surface area contributed by atoms with Gasteiger partial charge in [-0.3, -0.25) is 0 Å². The molecule has 2 aromatic rings. The van der Waals surface area contributed by atoms with Gasteiger partial charge in [0.25, 0.3) is 0 Å². The van der Waals surface area contributed by atoms with Crippen molar-refractivity contribution in [2.45, 2.75) is 25.9 Å². The maximum Gasteiger partial charge on any atom is 0.134 e. The van der Waals surface area contributed by atoms with Gasteiger partial charge >= 0.3 is 0 Å². The van der Waals surface area contributed by atoms with Crippen LogP contribution in [0, 0.1) is 0 Å². The molecule has 0 unspecified atom stereocenters. The van der Waals surface area contributed by atoms with Gasteiger partial charge < -0.3 is 15.2 Å². The average molecular weight is 350 g/mol. The minimum atomic E-state index is -0.276. The fraction of sp³-hybridized carbons (Fsp3) is 0.294. The fourth-order valence-electron chi connectivity index (χ4n) is 2.28. The van der Waals surface area contributed by atoms with Crippen molar-refractivity contribution in [1.82, 2.24) is 5.32 Å². The third-order valence-corrected chi connectivity index (χ3v) is 4.21. The average Bonchev–Trinajstić information content (AvgIpc) is 2.48. The minimum Gasteiger partial charge on any atom is -0.506 e. The first-order chi connectivity index (χ1) is 9.95. The Balaban J connectivity index is 2.19. The molecule has 0 amide bonds. The number of hydrogen-bond donors (Lipinski definition) is 2. The molecule has 3 nitrogen and oxygen atoms in total. The summed E-state index contributed by atoms with van der Waals surface area (Å²) in [6, 6.07) is 13.6. The van der Waals surface area contributed by atoms with Crippen LogP contribution in [-0.4, -0.2) is 12.2 Å². The molecule has 0 fully saturated rings. The number of halogens is 1. The topological polar surface area (TPSA) is 41.5 Å². The third kappa shape index (κ3) is 3.57. The third-order valence-electron chi connectivity index (χ3n) is 3.57. The Kier molecular flexibility index (Phi) is 4.91. The number of rotatable bonds is 5. The van der Waals surface area contributed by atoms with Gasteiger partial charge in [-0.25, -0.2) is 0 Å². The number of phenolic OH excluding ortho intramolecular Hbond substituents is 1. The quantitative estimate of drug-likeness (QED) is 0.850. The molecule has 0 radical (unpaired) electrons. The van der Waals surface area contributed by atoms with Gasteiger partial charge in [0.15, 0.2) is 0 Å². The van der Waals surface area contributed by atoms with Gasteiger partial charge in [-0.2, -0.15) is 0 Å². The molecule has 0 aliphatic rings. The molecule has 2 rings (SSSR count). The SMILES string of the molecule is COc1ccccc1C(C)(C)NCc1cccc(Br)c1O. The van der Waals surface area contributed by atoms with Crippen molar-refractivity contribution in [2.24, 2.45) is 0 Å². The standard InChI is InChI=1S/C17H20BrNO2/c1-17(2,13-8-4-5-10-15(13)21-3)19-11-12-7-6-9-14(18)16(12)20/h4-10,19-20H,11H2,1-3H3. The maximum atomic E-state index is 10.1. The van der Waals surface area contributed by atoms with Crippen LogP contribution in [0.1, 0.15) is 25.0 Å². The Bertz CT molecular complexity index is 626. The second kappa shape index (κ2) is 6.50. The van der Waals surface area contributed by atoms with E-state index in [2.05, 4.69) is 35.1 Å². The van der Waals surface area contributed by atoms with E-state index in [0.29, 0.717) is 11.0 Å². The molecule has 2 aromatic carbocycles. The first-order valence-electron chi connectivity index (χ1n) is 6.80. The smallest absolute Gasteiger partial charge is 0.134 e. The van der Waals surface area contributed by atoms with Gasteiger partial charge in [-0.15, -0.1) is 0 Å². The predicted molar refractivity (Wildman–Crippen MR) is 88.7 cm³/mol. The second-order valence-electron chi connectivity index (χ2n) is 5.43. The molecule has 4 heteroatoms. The summed E-state index contributed by atoms with van der Waals surface area (Å²) >= 11 is 3.34. The van der Waals surface area contributed by atoms with Crippen molar-refractivity contribution in [2.75, 3.05) is 7.11 Å². The summed E-state index contributed by atoms with van der Waals surface area (Å²) in [4.78, 5) is 0. The molecular formula is C17H20BrNO2. The van der Waals surface area contributed by atoms with Crippen molar-refractivity contribution >= 4 is 15.9 Å². The first kappa shape index (κ1) is 15.9. The van der Waals surface area contributed by atoms with Crippen molar-refractivity contribution in [1.29, 1.82) is 0 Å². The zero-order chi connectivity index (χ0) is 15.5. The van der Waals surface area contributed by atoms with Gasteiger partial charge in [0.05, 0.1) is 11.6 Å². The van der Waals surface area contributed by atoms with Gasteiger partial charge in [-0.05, 0) is 41.9 Å². The van der Waals surface area contributed by atoms with Crippen LogP contribution in [0.3, 0.4) is 0 Å². The van der Waals surface area contributed by atoms with Crippen molar-refractivity contribution in [3.63, 3.8) is 0 Å². The Morgan fingerprint density at radius 1 is 1.14 bits per heavy atom. The summed E-state index contributed by atoms with van der Waals surface area (Å²) in [6.45, 7) is 4.76. The predicted octanol–water partition coefficient (Wildman–Crippen LogP) is 4.19. The van der Waals surface area contributed by atoms with E-state index in [0.717, 1.165) is 16.9 Å². The molecule has 0 bridgehead atoms. The van der Waals surface area contributed by atoms with Gasteiger partial charge in [0.2, 0.25) is 0 Å². The van der Waals surface area contributed by atoms with Gasteiger partial charge in [0.1, 0.15) is 11.5 Å². The van der Waals surface area contributed by atoms with Crippen molar-refractivity contribution in [3.05, 3.63) is 58.1 Å². The van der Waals surface area contributed by atoms with Gasteiger partial charge in [-0.1, -0.05) is 30.3 Å². The van der Waals surface area contributed by atoms with E-state index < -0.39 is 0 Å². The maximum absolute atomic E-state index is 10.1. The fourth-order valence-corrected chi connectivity index (χ4v) is 2.68. The number of hydrogen-bond acceptors (Lipinski definition) is 3. The molecule has 0 spiro atoms. The lowest BCUT2D eigenvalue weighted by molar-refractivity contribution is 0.355. The lowest BCUT2D eigenvalue weighted by Crippen LogP contribution is -2.36. The highest BCUT2D eigenvalue weighted by Crippen LogP contribution is 2.31. The minimum absolute atomic E-state index is 0.276. The molecule has 0 aliphatic heterocycles. The van der Waals surface area contributed by atoms with E-state index in [-0.39, 0.29) is 11.3 Å². The van der Waals surface area contributed by atoms with Crippen LogP contribution in [0.5, 0.6) is 11.5 Å². The van der Waals surface area contributed by atoms with E-state index in [9.17, 15) is 5.11 Å². The lowest BCUT2D eigenvalue weighted by atomic mass is 9.93. The molecule has 2 N–H and O–H groups in total. The summed E-state index contributed by atoms with van der Waals surface area (Å²) < 4.78 is 6.14. The van der Waals surface area contributed by atoms with Gasteiger partial charge in [0, 0.05) is 23.2 Å². The molecule has 0 atom stereocenters. The van der Waals surface area contributed by atoms with Crippen molar-refractivity contribution in [3.8, 4) is 11.5 Å². The molecule has 0 saturated heterocycles. The Hall–Kier alpha value is -1.52. The van der Waals surface area contributed by atoms with E-state index in [1.165, 1.54) is 0 Å². The number of phenols is 1. The number of nitrogens with one attached hydrogen (secondary N) is 1.